The van der Waals surface area contributed by atoms with E-state index >= 15 is 0 Å². The fourth-order valence-corrected chi connectivity index (χ4v) is 1.12. The van der Waals surface area contributed by atoms with Gasteiger partial charge in [0.05, 0.1) is 19.2 Å². The molecule has 0 spiro atoms. The summed E-state index contributed by atoms with van der Waals surface area (Å²) < 4.78 is 4.77. The molecule has 1 aromatic rings. The first-order chi connectivity index (χ1) is 6.63. The molecule has 76 valence electrons. The van der Waals surface area contributed by atoms with Crippen LogP contribution in [0.3, 0.4) is 0 Å². The second-order valence-electron chi connectivity index (χ2n) is 2.94. The van der Waals surface area contributed by atoms with Crippen LogP contribution >= 0.6 is 0 Å². The zero-order valence-electron chi connectivity index (χ0n) is 8.28. The number of aromatic hydroxyl groups is 1. The number of carbonyl (C=O) groups excluding carboxylic acids is 1. The minimum absolute atomic E-state index is 0.0312. The molecule has 0 radical (unpaired) electrons. The lowest BCUT2D eigenvalue weighted by molar-refractivity contribution is -0.142. The summed E-state index contributed by atoms with van der Waals surface area (Å²) in [6, 6.07) is 1.67. The zero-order chi connectivity index (χ0) is 10.6. The van der Waals surface area contributed by atoms with E-state index in [1.165, 1.54) is 6.20 Å². The van der Waals surface area contributed by atoms with Crippen LogP contribution < -0.4 is 0 Å². The van der Waals surface area contributed by atoms with Crippen molar-refractivity contribution in [1.29, 1.82) is 0 Å². The number of carbonyl (C=O) groups is 1. The molecule has 1 heterocycles. The van der Waals surface area contributed by atoms with E-state index < -0.39 is 0 Å². The number of hydrogen-bond acceptors (Lipinski definition) is 4. The molecule has 1 aromatic heterocycles. The van der Waals surface area contributed by atoms with Gasteiger partial charge in [-0.05, 0) is 19.9 Å². The van der Waals surface area contributed by atoms with Gasteiger partial charge in [-0.25, -0.2) is 0 Å². The van der Waals surface area contributed by atoms with Crippen LogP contribution in [-0.4, -0.2) is 22.7 Å². The summed E-state index contributed by atoms with van der Waals surface area (Å²) in [5, 5.41) is 9.38. The van der Waals surface area contributed by atoms with Crippen molar-refractivity contribution in [2.45, 2.75) is 20.3 Å². The van der Waals surface area contributed by atoms with Gasteiger partial charge < -0.3 is 9.84 Å². The highest BCUT2D eigenvalue weighted by Crippen LogP contribution is 2.16. The summed E-state index contributed by atoms with van der Waals surface area (Å²) in [5.74, 6) is -0.308. The molecule has 0 atom stereocenters. The summed E-state index contributed by atoms with van der Waals surface area (Å²) in [4.78, 5) is 15.0. The quantitative estimate of drug-likeness (QED) is 0.736. The third kappa shape index (κ3) is 2.73. The van der Waals surface area contributed by atoms with Crippen molar-refractivity contribution in [1.82, 2.24) is 4.98 Å². The lowest BCUT2D eigenvalue weighted by Crippen LogP contribution is -2.07. The molecule has 14 heavy (non-hydrogen) atoms. The van der Waals surface area contributed by atoms with Crippen LogP contribution in [0.4, 0.5) is 0 Å². The van der Waals surface area contributed by atoms with E-state index in [0.717, 1.165) is 5.69 Å². The average molecular weight is 195 g/mol. The van der Waals surface area contributed by atoms with Crippen LogP contribution in [-0.2, 0) is 16.0 Å². The third-order valence-electron chi connectivity index (χ3n) is 1.74. The summed E-state index contributed by atoms with van der Waals surface area (Å²) in [6.45, 7) is 3.90. The van der Waals surface area contributed by atoms with Gasteiger partial charge in [-0.15, -0.1) is 0 Å². The molecular weight excluding hydrogens is 182 g/mol. The van der Waals surface area contributed by atoms with Crippen molar-refractivity contribution in [3.63, 3.8) is 0 Å². The monoisotopic (exact) mass is 195 g/mol. The van der Waals surface area contributed by atoms with Gasteiger partial charge in [0.15, 0.2) is 0 Å². The molecule has 1 N–H and O–H groups in total. The van der Waals surface area contributed by atoms with Gasteiger partial charge >= 0.3 is 5.97 Å². The Labute approximate surface area is 82.5 Å². The number of aryl methyl sites for hydroxylation is 1. The maximum Gasteiger partial charge on any atom is 0.310 e. The van der Waals surface area contributed by atoms with E-state index in [1.54, 1.807) is 19.9 Å². The molecule has 1 rings (SSSR count). The van der Waals surface area contributed by atoms with Crippen molar-refractivity contribution in [3.8, 4) is 5.75 Å². The smallest absolute Gasteiger partial charge is 0.310 e. The normalized spacial score (nSPS) is 9.86. The highest BCUT2D eigenvalue weighted by Gasteiger charge is 2.08. The summed E-state index contributed by atoms with van der Waals surface area (Å²) in [7, 11) is 0. The van der Waals surface area contributed by atoms with Crippen molar-refractivity contribution in [2.24, 2.45) is 0 Å². The maximum atomic E-state index is 11.1. The number of aromatic nitrogens is 1. The highest BCUT2D eigenvalue weighted by molar-refractivity contribution is 5.73. The van der Waals surface area contributed by atoms with E-state index in [2.05, 4.69) is 4.98 Å². The summed E-state index contributed by atoms with van der Waals surface area (Å²) in [5.41, 5.74) is 1.32. The minimum Gasteiger partial charge on any atom is -0.506 e. The van der Waals surface area contributed by atoms with Crippen LogP contribution in [0, 0.1) is 6.92 Å². The number of pyridine rings is 1. The number of esters is 1. The standard InChI is InChI=1S/C10H13NO3/c1-3-14-10(13)5-8-4-7(2)11-6-9(8)12/h4,6,12H,3,5H2,1-2H3. The number of rotatable bonds is 3. The molecule has 0 bridgehead atoms. The van der Waals surface area contributed by atoms with E-state index in [0.29, 0.717) is 12.2 Å². The van der Waals surface area contributed by atoms with Crippen molar-refractivity contribution in [3.05, 3.63) is 23.5 Å². The summed E-state index contributed by atoms with van der Waals surface area (Å²) in [6.07, 6.45) is 1.42. The van der Waals surface area contributed by atoms with Gasteiger partial charge in [-0.2, -0.15) is 0 Å². The number of hydrogen-bond donors (Lipinski definition) is 1. The predicted octanol–water partition coefficient (Wildman–Crippen LogP) is 1.20. The molecule has 0 aromatic carbocycles. The van der Waals surface area contributed by atoms with Crippen LogP contribution in [0.1, 0.15) is 18.2 Å². The number of nitrogens with zero attached hydrogens (tertiary/aromatic N) is 1. The van der Waals surface area contributed by atoms with Crippen molar-refractivity contribution < 1.29 is 14.6 Å². The fourth-order valence-electron chi connectivity index (χ4n) is 1.12. The summed E-state index contributed by atoms with van der Waals surface area (Å²) >= 11 is 0. The SMILES string of the molecule is CCOC(=O)Cc1cc(C)ncc1O. The minimum atomic E-state index is -0.339. The topological polar surface area (TPSA) is 59.4 Å². The molecule has 0 unspecified atom stereocenters. The van der Waals surface area contributed by atoms with E-state index in [1.807, 2.05) is 0 Å². The van der Waals surface area contributed by atoms with E-state index in [9.17, 15) is 9.90 Å². The first-order valence-corrected chi connectivity index (χ1v) is 4.43. The average Bonchev–Trinajstić information content (AvgIpc) is 2.12. The van der Waals surface area contributed by atoms with Gasteiger partial charge in [0, 0.05) is 11.3 Å². The fraction of sp³-hybridized carbons (Fsp3) is 0.400. The molecule has 0 fully saturated rings. The molecule has 0 aliphatic heterocycles. The third-order valence-corrected chi connectivity index (χ3v) is 1.74. The molecule has 0 amide bonds. The molecular formula is C10H13NO3. The molecule has 0 saturated carbocycles. The Bertz CT molecular complexity index is 336. The Morgan fingerprint density at radius 1 is 1.64 bits per heavy atom. The second-order valence-corrected chi connectivity index (χ2v) is 2.94. The van der Waals surface area contributed by atoms with Crippen LogP contribution in [0.15, 0.2) is 12.3 Å². The first-order valence-electron chi connectivity index (χ1n) is 4.43. The molecule has 0 aliphatic rings. The van der Waals surface area contributed by atoms with Gasteiger partial charge in [0.25, 0.3) is 0 Å². The Hall–Kier alpha value is -1.58. The molecule has 0 aliphatic carbocycles. The van der Waals surface area contributed by atoms with Crippen molar-refractivity contribution >= 4 is 5.97 Å². The van der Waals surface area contributed by atoms with E-state index in [-0.39, 0.29) is 18.1 Å². The van der Waals surface area contributed by atoms with Crippen LogP contribution in [0.5, 0.6) is 5.75 Å². The van der Waals surface area contributed by atoms with Crippen LogP contribution in [0.25, 0.3) is 0 Å². The Morgan fingerprint density at radius 3 is 3.00 bits per heavy atom. The number of ether oxygens (including phenoxy) is 1. The predicted molar refractivity (Wildman–Crippen MR) is 51.0 cm³/mol. The molecule has 0 saturated heterocycles. The van der Waals surface area contributed by atoms with Gasteiger partial charge in [0.1, 0.15) is 5.75 Å². The second kappa shape index (κ2) is 4.60. The van der Waals surface area contributed by atoms with Crippen molar-refractivity contribution in [2.75, 3.05) is 6.61 Å². The Balaban J connectivity index is 2.75. The van der Waals surface area contributed by atoms with Gasteiger partial charge in [-0.1, -0.05) is 0 Å². The highest BCUT2D eigenvalue weighted by atomic mass is 16.5. The van der Waals surface area contributed by atoms with E-state index in [4.69, 9.17) is 4.74 Å². The Kier molecular flexibility index (Phi) is 3.45. The van der Waals surface area contributed by atoms with Gasteiger partial charge in [0.2, 0.25) is 0 Å². The largest absolute Gasteiger partial charge is 0.506 e. The van der Waals surface area contributed by atoms with Crippen LogP contribution in [0.2, 0.25) is 0 Å². The lowest BCUT2D eigenvalue weighted by atomic mass is 10.1. The molecule has 4 nitrogen and oxygen atoms in total. The molecule has 4 heteroatoms. The lowest BCUT2D eigenvalue weighted by Gasteiger charge is -2.04. The van der Waals surface area contributed by atoms with Gasteiger partial charge in [-0.3, -0.25) is 9.78 Å². The Morgan fingerprint density at radius 2 is 2.36 bits per heavy atom. The first kappa shape index (κ1) is 10.5. The maximum absolute atomic E-state index is 11.1. The zero-order valence-corrected chi connectivity index (χ0v) is 8.28.